The van der Waals surface area contributed by atoms with E-state index < -0.39 is 0 Å². The van der Waals surface area contributed by atoms with Crippen LogP contribution in [0.25, 0.3) is 0 Å². The summed E-state index contributed by atoms with van der Waals surface area (Å²) in [5, 5.41) is 0. The summed E-state index contributed by atoms with van der Waals surface area (Å²) >= 11 is 0. The van der Waals surface area contributed by atoms with Crippen molar-refractivity contribution in [1.82, 2.24) is 0 Å². The highest BCUT2D eigenvalue weighted by atomic mass is 16.5. The average Bonchev–Trinajstić information content (AvgIpc) is 2.66. The summed E-state index contributed by atoms with van der Waals surface area (Å²) < 4.78 is 5.55. The van der Waals surface area contributed by atoms with Crippen molar-refractivity contribution in [1.29, 1.82) is 0 Å². The van der Waals surface area contributed by atoms with Gasteiger partial charge in [0, 0.05) is 12.3 Å². The molecule has 0 aromatic heterocycles. The van der Waals surface area contributed by atoms with E-state index in [1.165, 1.54) is 24.0 Å². The van der Waals surface area contributed by atoms with Gasteiger partial charge < -0.3 is 4.74 Å². The SMILES string of the molecule is CCCCCCC(=O)COCC1C(C)=CC=C1C. The molecule has 1 aliphatic carbocycles. The number of rotatable bonds is 9. The van der Waals surface area contributed by atoms with E-state index in [4.69, 9.17) is 4.74 Å². The Labute approximate surface area is 111 Å². The van der Waals surface area contributed by atoms with Gasteiger partial charge in [-0.15, -0.1) is 0 Å². The first-order valence-corrected chi connectivity index (χ1v) is 7.09. The summed E-state index contributed by atoms with van der Waals surface area (Å²) in [6, 6.07) is 0. The van der Waals surface area contributed by atoms with Gasteiger partial charge in [-0.2, -0.15) is 0 Å². The average molecular weight is 250 g/mol. The second-order valence-electron chi connectivity index (χ2n) is 5.24. The largest absolute Gasteiger partial charge is 0.373 e. The molecule has 0 spiro atoms. The molecule has 0 saturated heterocycles. The zero-order valence-corrected chi connectivity index (χ0v) is 12.0. The van der Waals surface area contributed by atoms with Gasteiger partial charge >= 0.3 is 0 Å². The maximum absolute atomic E-state index is 11.6. The van der Waals surface area contributed by atoms with Crippen LogP contribution in [0.3, 0.4) is 0 Å². The van der Waals surface area contributed by atoms with Crippen LogP contribution in [0.4, 0.5) is 0 Å². The Morgan fingerprint density at radius 1 is 1.17 bits per heavy atom. The van der Waals surface area contributed by atoms with E-state index in [-0.39, 0.29) is 12.4 Å². The summed E-state index contributed by atoms with van der Waals surface area (Å²) in [5.41, 5.74) is 2.67. The molecule has 0 N–H and O–H groups in total. The number of Topliss-reactive ketones (excluding diaryl/α,β-unsaturated/α-hetero) is 1. The first-order chi connectivity index (χ1) is 8.65. The van der Waals surface area contributed by atoms with Crippen LogP contribution >= 0.6 is 0 Å². The van der Waals surface area contributed by atoms with Crippen LogP contribution in [0.1, 0.15) is 52.9 Å². The topological polar surface area (TPSA) is 26.3 Å². The van der Waals surface area contributed by atoms with Gasteiger partial charge in [-0.3, -0.25) is 4.79 Å². The van der Waals surface area contributed by atoms with Gasteiger partial charge in [0.25, 0.3) is 0 Å². The molecule has 102 valence electrons. The van der Waals surface area contributed by atoms with Crippen LogP contribution in [0, 0.1) is 5.92 Å². The van der Waals surface area contributed by atoms with Crippen LogP contribution in [0.5, 0.6) is 0 Å². The molecule has 2 heteroatoms. The van der Waals surface area contributed by atoms with Gasteiger partial charge in [0.2, 0.25) is 0 Å². The summed E-state index contributed by atoms with van der Waals surface area (Å²) in [7, 11) is 0. The summed E-state index contributed by atoms with van der Waals surface area (Å²) in [6.07, 6.45) is 9.56. The monoisotopic (exact) mass is 250 g/mol. The van der Waals surface area contributed by atoms with Crippen LogP contribution < -0.4 is 0 Å². The lowest BCUT2D eigenvalue weighted by molar-refractivity contribution is -0.123. The second-order valence-corrected chi connectivity index (χ2v) is 5.24. The minimum atomic E-state index is 0.243. The smallest absolute Gasteiger partial charge is 0.158 e. The van der Waals surface area contributed by atoms with Gasteiger partial charge in [0.05, 0.1) is 6.61 Å². The number of ketones is 1. The predicted molar refractivity (Wildman–Crippen MR) is 75.6 cm³/mol. The third kappa shape index (κ3) is 5.18. The third-order valence-corrected chi connectivity index (χ3v) is 3.57. The quantitative estimate of drug-likeness (QED) is 0.577. The third-order valence-electron chi connectivity index (χ3n) is 3.57. The minimum absolute atomic E-state index is 0.243. The molecule has 0 aromatic carbocycles. The van der Waals surface area contributed by atoms with Crippen molar-refractivity contribution in [3.05, 3.63) is 23.3 Å². The van der Waals surface area contributed by atoms with E-state index in [2.05, 4.69) is 32.9 Å². The van der Waals surface area contributed by atoms with Gasteiger partial charge in [-0.25, -0.2) is 0 Å². The van der Waals surface area contributed by atoms with E-state index in [1.807, 2.05) is 0 Å². The molecular weight excluding hydrogens is 224 g/mol. The Morgan fingerprint density at radius 3 is 2.44 bits per heavy atom. The number of hydrogen-bond donors (Lipinski definition) is 0. The van der Waals surface area contributed by atoms with Crippen molar-refractivity contribution >= 4 is 5.78 Å². The van der Waals surface area contributed by atoms with E-state index in [1.54, 1.807) is 0 Å². The molecule has 0 bridgehead atoms. The highest BCUT2D eigenvalue weighted by Gasteiger charge is 2.17. The summed E-state index contributed by atoms with van der Waals surface area (Å²) in [6.45, 7) is 7.34. The van der Waals surface area contributed by atoms with E-state index in [0.717, 1.165) is 12.8 Å². The minimum Gasteiger partial charge on any atom is -0.373 e. The van der Waals surface area contributed by atoms with Crippen molar-refractivity contribution < 1.29 is 9.53 Å². The number of carbonyl (C=O) groups excluding carboxylic acids is 1. The molecule has 0 atom stereocenters. The first-order valence-electron chi connectivity index (χ1n) is 7.09. The van der Waals surface area contributed by atoms with Crippen LogP contribution in [0.15, 0.2) is 23.3 Å². The Balaban J connectivity index is 2.09. The number of unbranched alkanes of at least 4 members (excludes halogenated alkanes) is 3. The van der Waals surface area contributed by atoms with Crippen LogP contribution in [0.2, 0.25) is 0 Å². The summed E-state index contributed by atoms with van der Waals surface area (Å²) in [4.78, 5) is 11.6. The van der Waals surface area contributed by atoms with Crippen molar-refractivity contribution in [2.24, 2.45) is 5.92 Å². The lowest BCUT2D eigenvalue weighted by Gasteiger charge is -2.14. The molecule has 0 amide bonds. The molecule has 0 aromatic rings. The Kier molecular flexibility index (Phi) is 6.96. The summed E-state index contributed by atoms with van der Waals surface area (Å²) in [5.74, 6) is 0.630. The molecule has 1 rings (SSSR count). The van der Waals surface area contributed by atoms with Gasteiger partial charge in [0.1, 0.15) is 6.61 Å². The molecular formula is C16H26O2. The number of hydrogen-bond acceptors (Lipinski definition) is 2. The van der Waals surface area contributed by atoms with Crippen LogP contribution in [-0.4, -0.2) is 19.0 Å². The van der Waals surface area contributed by atoms with Crippen molar-refractivity contribution in [2.75, 3.05) is 13.2 Å². The molecule has 1 aliphatic rings. The number of ether oxygens (including phenoxy) is 1. The lowest BCUT2D eigenvalue weighted by atomic mass is 9.99. The van der Waals surface area contributed by atoms with E-state index in [0.29, 0.717) is 18.9 Å². The Morgan fingerprint density at radius 2 is 1.83 bits per heavy atom. The maximum atomic E-state index is 11.6. The van der Waals surface area contributed by atoms with Crippen LogP contribution in [-0.2, 0) is 9.53 Å². The Hall–Kier alpha value is -0.890. The fourth-order valence-corrected chi connectivity index (χ4v) is 2.23. The van der Waals surface area contributed by atoms with Gasteiger partial charge in [-0.05, 0) is 20.3 Å². The van der Waals surface area contributed by atoms with Crippen molar-refractivity contribution in [3.63, 3.8) is 0 Å². The first kappa shape index (κ1) is 15.2. The zero-order valence-electron chi connectivity index (χ0n) is 12.0. The molecule has 0 fully saturated rings. The molecule has 0 aliphatic heterocycles. The molecule has 18 heavy (non-hydrogen) atoms. The highest BCUT2D eigenvalue weighted by molar-refractivity contribution is 5.79. The van der Waals surface area contributed by atoms with Gasteiger partial charge in [-0.1, -0.05) is 49.5 Å². The molecule has 0 heterocycles. The number of allylic oxidation sites excluding steroid dienone is 2. The Bertz CT molecular complexity index is 308. The van der Waals surface area contributed by atoms with Gasteiger partial charge in [0.15, 0.2) is 5.78 Å². The van der Waals surface area contributed by atoms with Crippen molar-refractivity contribution in [2.45, 2.75) is 52.9 Å². The fourth-order valence-electron chi connectivity index (χ4n) is 2.23. The highest BCUT2D eigenvalue weighted by Crippen LogP contribution is 2.26. The van der Waals surface area contributed by atoms with E-state index in [9.17, 15) is 4.79 Å². The predicted octanol–water partition coefficient (Wildman–Crippen LogP) is 4.06. The molecule has 0 unspecified atom stereocenters. The standard InChI is InChI=1S/C16H26O2/c1-4-5-6-7-8-15(17)11-18-12-16-13(2)9-10-14(16)3/h9-10,16H,4-8,11-12H2,1-3H3. The molecule has 0 radical (unpaired) electrons. The van der Waals surface area contributed by atoms with Crippen molar-refractivity contribution in [3.8, 4) is 0 Å². The zero-order chi connectivity index (χ0) is 13.4. The van der Waals surface area contributed by atoms with E-state index >= 15 is 0 Å². The lowest BCUT2D eigenvalue weighted by Crippen LogP contribution is -2.15. The molecule has 2 nitrogen and oxygen atoms in total. The normalized spacial score (nSPS) is 15.7. The molecule has 0 saturated carbocycles. The second kappa shape index (κ2) is 8.25. The fraction of sp³-hybridized carbons (Fsp3) is 0.688. The maximum Gasteiger partial charge on any atom is 0.158 e. The number of carbonyl (C=O) groups is 1.